The van der Waals surface area contributed by atoms with Crippen molar-refractivity contribution in [3.8, 4) is 0 Å². The fraction of sp³-hybridized carbons (Fsp3) is 0.500. The van der Waals surface area contributed by atoms with Gasteiger partial charge in [-0.1, -0.05) is 51.1 Å². The quantitative estimate of drug-likeness (QED) is 0.908. The molecular formula is C16H21N3O3S. The molecule has 1 aliphatic carbocycles. The van der Waals surface area contributed by atoms with Gasteiger partial charge in [-0.2, -0.15) is 4.98 Å². The van der Waals surface area contributed by atoms with Gasteiger partial charge < -0.3 is 4.52 Å². The van der Waals surface area contributed by atoms with Crippen LogP contribution in [0.3, 0.4) is 0 Å². The van der Waals surface area contributed by atoms with Crippen LogP contribution in [0, 0.1) is 5.41 Å². The van der Waals surface area contributed by atoms with Crippen molar-refractivity contribution in [2.24, 2.45) is 5.41 Å². The van der Waals surface area contributed by atoms with Gasteiger partial charge in [0.15, 0.2) is 5.82 Å². The summed E-state index contributed by atoms with van der Waals surface area (Å²) in [5.41, 5.74) is -0.261. The summed E-state index contributed by atoms with van der Waals surface area (Å²) in [5.74, 6) is 1.21. The molecule has 0 unspecified atom stereocenters. The number of nitrogens with zero attached hydrogens (tertiary/aromatic N) is 2. The Morgan fingerprint density at radius 2 is 1.87 bits per heavy atom. The molecule has 0 saturated heterocycles. The molecule has 0 amide bonds. The molecule has 6 nitrogen and oxygen atoms in total. The predicted molar refractivity (Wildman–Crippen MR) is 85.5 cm³/mol. The summed E-state index contributed by atoms with van der Waals surface area (Å²) in [6, 6.07) is 8.10. The molecule has 3 rings (SSSR count). The van der Waals surface area contributed by atoms with Crippen LogP contribution in [0.15, 0.2) is 39.8 Å². The molecule has 2 atom stereocenters. The van der Waals surface area contributed by atoms with Crippen LogP contribution in [-0.4, -0.2) is 24.6 Å². The summed E-state index contributed by atoms with van der Waals surface area (Å²) >= 11 is 0. The first-order chi connectivity index (χ1) is 10.7. The van der Waals surface area contributed by atoms with Crippen molar-refractivity contribution in [3.63, 3.8) is 0 Å². The Balaban J connectivity index is 1.81. The van der Waals surface area contributed by atoms with Crippen LogP contribution in [-0.2, 0) is 10.0 Å². The van der Waals surface area contributed by atoms with Gasteiger partial charge in [-0.3, -0.25) is 0 Å². The van der Waals surface area contributed by atoms with E-state index in [0.717, 1.165) is 0 Å². The molecule has 0 spiro atoms. The number of benzene rings is 1. The first-order valence-corrected chi connectivity index (χ1v) is 9.12. The highest BCUT2D eigenvalue weighted by Crippen LogP contribution is 2.58. The summed E-state index contributed by atoms with van der Waals surface area (Å²) in [7, 11) is -3.56. The van der Waals surface area contributed by atoms with Gasteiger partial charge in [0.1, 0.15) is 0 Å². The van der Waals surface area contributed by atoms with Gasteiger partial charge in [0, 0.05) is 12.0 Å². The van der Waals surface area contributed by atoms with Crippen molar-refractivity contribution in [3.05, 3.63) is 42.0 Å². The van der Waals surface area contributed by atoms with Crippen LogP contribution in [0.5, 0.6) is 0 Å². The zero-order valence-electron chi connectivity index (χ0n) is 13.6. The van der Waals surface area contributed by atoms with Gasteiger partial charge in [0.05, 0.1) is 10.8 Å². The lowest BCUT2D eigenvalue weighted by molar-refractivity contribution is 0.361. The molecular weight excluding hydrogens is 314 g/mol. The molecule has 1 aromatic heterocycles. The second-order valence-electron chi connectivity index (χ2n) is 6.86. The van der Waals surface area contributed by atoms with E-state index in [0.29, 0.717) is 11.7 Å². The summed E-state index contributed by atoms with van der Waals surface area (Å²) in [5, 5.41) is 3.97. The Bertz CT molecular complexity index is 797. The molecule has 1 fully saturated rings. The fourth-order valence-electron chi connectivity index (χ4n) is 2.76. The van der Waals surface area contributed by atoms with Crippen molar-refractivity contribution in [2.45, 2.75) is 50.5 Å². The minimum atomic E-state index is -3.56. The van der Waals surface area contributed by atoms with Gasteiger partial charge in [-0.05, 0) is 17.5 Å². The van der Waals surface area contributed by atoms with Gasteiger partial charge >= 0.3 is 0 Å². The van der Waals surface area contributed by atoms with E-state index in [9.17, 15) is 8.42 Å². The fourth-order valence-corrected chi connectivity index (χ4v) is 4.19. The summed E-state index contributed by atoms with van der Waals surface area (Å²) in [4.78, 5) is 4.67. The van der Waals surface area contributed by atoms with Crippen LogP contribution in [0.4, 0.5) is 0 Å². The first kappa shape index (κ1) is 16.1. The maximum absolute atomic E-state index is 12.5. The monoisotopic (exact) mass is 335 g/mol. The van der Waals surface area contributed by atoms with Gasteiger partial charge in [-0.15, -0.1) is 0 Å². The predicted octanol–water partition coefficient (Wildman–Crippen LogP) is 2.66. The molecule has 1 N–H and O–H groups in total. The molecule has 1 saturated carbocycles. The number of hydrogen-bond acceptors (Lipinski definition) is 5. The lowest BCUT2D eigenvalue weighted by Gasteiger charge is -2.07. The Kier molecular flexibility index (Phi) is 3.80. The van der Waals surface area contributed by atoms with E-state index in [-0.39, 0.29) is 28.2 Å². The highest BCUT2D eigenvalue weighted by molar-refractivity contribution is 7.89. The van der Waals surface area contributed by atoms with E-state index >= 15 is 0 Å². The van der Waals surface area contributed by atoms with E-state index in [1.54, 1.807) is 30.3 Å². The van der Waals surface area contributed by atoms with Crippen molar-refractivity contribution in [1.82, 2.24) is 14.9 Å². The zero-order valence-corrected chi connectivity index (χ0v) is 14.5. The lowest BCUT2D eigenvalue weighted by atomic mass is 10.1. The summed E-state index contributed by atoms with van der Waals surface area (Å²) in [6.45, 7) is 7.97. The lowest BCUT2D eigenvalue weighted by Crippen LogP contribution is -2.29. The topological polar surface area (TPSA) is 85.1 Å². The van der Waals surface area contributed by atoms with E-state index in [1.807, 2.05) is 27.7 Å². The first-order valence-electron chi connectivity index (χ1n) is 7.64. The smallest absolute Gasteiger partial charge is 0.240 e. The second kappa shape index (κ2) is 5.42. The number of rotatable bonds is 5. The Hall–Kier alpha value is -1.73. The van der Waals surface area contributed by atoms with Crippen LogP contribution in [0.2, 0.25) is 0 Å². The van der Waals surface area contributed by atoms with Crippen LogP contribution < -0.4 is 4.72 Å². The van der Waals surface area contributed by atoms with Crippen molar-refractivity contribution in [2.75, 3.05) is 0 Å². The van der Waals surface area contributed by atoms with Crippen LogP contribution >= 0.6 is 0 Å². The molecule has 7 heteroatoms. The van der Waals surface area contributed by atoms with Crippen molar-refractivity contribution >= 4 is 10.0 Å². The van der Waals surface area contributed by atoms with Crippen molar-refractivity contribution in [1.29, 1.82) is 0 Å². The Morgan fingerprint density at radius 1 is 1.22 bits per heavy atom. The molecule has 1 aliphatic rings. The minimum Gasteiger partial charge on any atom is -0.339 e. The van der Waals surface area contributed by atoms with E-state index in [4.69, 9.17) is 4.52 Å². The molecule has 1 aromatic carbocycles. The van der Waals surface area contributed by atoms with Crippen molar-refractivity contribution < 1.29 is 12.9 Å². The SMILES string of the molecule is CC(C)c1noc([C@@H]2[C@H](NS(=O)(=O)c3ccccc3)C2(C)C)n1. The summed E-state index contributed by atoms with van der Waals surface area (Å²) in [6.07, 6.45) is 0. The average molecular weight is 335 g/mol. The maximum atomic E-state index is 12.5. The maximum Gasteiger partial charge on any atom is 0.240 e. The second-order valence-corrected chi connectivity index (χ2v) is 8.57. The molecule has 2 aromatic rings. The highest BCUT2D eigenvalue weighted by atomic mass is 32.2. The third kappa shape index (κ3) is 2.90. The summed E-state index contributed by atoms with van der Waals surface area (Å²) < 4.78 is 33.1. The Morgan fingerprint density at radius 3 is 2.43 bits per heavy atom. The third-order valence-corrected chi connectivity index (χ3v) is 5.86. The van der Waals surface area contributed by atoms with E-state index in [2.05, 4.69) is 14.9 Å². The van der Waals surface area contributed by atoms with E-state index < -0.39 is 10.0 Å². The van der Waals surface area contributed by atoms with Crippen LogP contribution in [0.1, 0.15) is 51.2 Å². The number of hydrogen-bond donors (Lipinski definition) is 1. The normalized spacial score (nSPS) is 23.2. The van der Waals surface area contributed by atoms with Gasteiger partial charge in [0.2, 0.25) is 15.9 Å². The van der Waals surface area contributed by atoms with Gasteiger partial charge in [-0.25, -0.2) is 13.1 Å². The standard InChI is InChI=1S/C16H21N3O3S/c1-10(2)14-17-15(22-18-14)12-13(16(12,3)4)19-23(20,21)11-8-6-5-7-9-11/h5-10,12-13,19H,1-4H3/t12-,13-/m0/s1. The van der Waals surface area contributed by atoms with E-state index in [1.165, 1.54) is 0 Å². The Labute approximate surface area is 136 Å². The number of sulfonamides is 1. The molecule has 1 heterocycles. The molecule has 0 aliphatic heterocycles. The number of nitrogens with one attached hydrogen (secondary N) is 1. The molecule has 124 valence electrons. The number of aromatic nitrogens is 2. The van der Waals surface area contributed by atoms with Gasteiger partial charge in [0.25, 0.3) is 0 Å². The zero-order chi connectivity index (χ0) is 16.8. The average Bonchev–Trinajstić information content (AvgIpc) is 2.88. The third-order valence-electron chi connectivity index (χ3n) is 4.40. The molecule has 23 heavy (non-hydrogen) atoms. The van der Waals surface area contributed by atoms with Crippen LogP contribution in [0.25, 0.3) is 0 Å². The molecule has 0 radical (unpaired) electrons. The largest absolute Gasteiger partial charge is 0.339 e. The minimum absolute atomic E-state index is 0.110. The highest BCUT2D eigenvalue weighted by Gasteiger charge is 2.63. The molecule has 0 bridgehead atoms.